The highest BCUT2D eigenvalue weighted by atomic mass is 16.7. The third-order valence-corrected chi connectivity index (χ3v) is 7.02. The molecule has 4 heteroatoms. The van der Waals surface area contributed by atoms with Gasteiger partial charge in [-0.25, -0.2) is 0 Å². The van der Waals surface area contributed by atoms with Crippen LogP contribution < -0.4 is 0 Å². The van der Waals surface area contributed by atoms with Gasteiger partial charge < -0.3 is 19.3 Å². The Morgan fingerprint density at radius 2 is 1.57 bits per heavy atom. The van der Waals surface area contributed by atoms with Crippen LogP contribution in [0.25, 0.3) is 0 Å². The van der Waals surface area contributed by atoms with Gasteiger partial charge in [0.25, 0.3) is 0 Å². The Bertz CT molecular complexity index is 435. The van der Waals surface area contributed by atoms with Crippen molar-refractivity contribution in [1.82, 2.24) is 0 Å². The van der Waals surface area contributed by atoms with Gasteiger partial charge in [-0.05, 0) is 39.0 Å². The Labute approximate surface area is 140 Å². The van der Waals surface area contributed by atoms with Gasteiger partial charge in [-0.2, -0.15) is 0 Å². The summed E-state index contributed by atoms with van der Waals surface area (Å²) in [6.07, 6.45) is 1.21. The molecule has 0 amide bonds. The van der Waals surface area contributed by atoms with E-state index in [1.165, 1.54) is 0 Å². The van der Waals surface area contributed by atoms with Crippen molar-refractivity contribution in [3.63, 3.8) is 0 Å². The van der Waals surface area contributed by atoms with Gasteiger partial charge in [-0.1, -0.05) is 27.7 Å². The predicted molar refractivity (Wildman–Crippen MR) is 88.9 cm³/mol. The fraction of sp³-hybridized carbons (Fsp3) is 1.00. The second-order valence-electron chi connectivity index (χ2n) is 8.45. The first-order valence-corrected chi connectivity index (χ1v) is 9.38. The van der Waals surface area contributed by atoms with Gasteiger partial charge in [0.1, 0.15) is 0 Å². The van der Waals surface area contributed by atoms with Crippen LogP contribution in [0.3, 0.4) is 0 Å². The SMILES string of the molecule is CC[C@@H]1O[C@H](C)C(C)C(C)[C@@H]1O[C@H]1OC(C)[C@@H]2[C@@H](C1C)C2(C)O. The van der Waals surface area contributed by atoms with Crippen molar-refractivity contribution in [2.45, 2.75) is 91.2 Å². The molecule has 2 saturated heterocycles. The largest absolute Gasteiger partial charge is 0.389 e. The van der Waals surface area contributed by atoms with E-state index in [0.29, 0.717) is 11.8 Å². The van der Waals surface area contributed by atoms with Gasteiger partial charge >= 0.3 is 0 Å². The molecule has 3 aliphatic rings. The molecule has 4 nitrogen and oxygen atoms in total. The second kappa shape index (κ2) is 5.98. The molecule has 1 N–H and O–H groups in total. The molecule has 134 valence electrons. The number of ether oxygens (including phenoxy) is 3. The predicted octanol–water partition coefficient (Wildman–Crippen LogP) is 3.22. The molecule has 0 aromatic carbocycles. The minimum absolute atomic E-state index is 0.0486. The molecule has 1 aliphatic carbocycles. The Balaban J connectivity index is 1.72. The molecule has 23 heavy (non-hydrogen) atoms. The topological polar surface area (TPSA) is 47.9 Å². The monoisotopic (exact) mass is 326 g/mol. The molecule has 0 bridgehead atoms. The van der Waals surface area contributed by atoms with Crippen molar-refractivity contribution in [2.24, 2.45) is 29.6 Å². The molecule has 0 aromatic heterocycles. The van der Waals surface area contributed by atoms with E-state index in [1.54, 1.807) is 0 Å². The molecule has 0 radical (unpaired) electrons. The lowest BCUT2D eigenvalue weighted by Gasteiger charge is -2.46. The first kappa shape index (κ1) is 17.7. The van der Waals surface area contributed by atoms with Crippen molar-refractivity contribution in [3.8, 4) is 0 Å². The van der Waals surface area contributed by atoms with Crippen LogP contribution in [-0.2, 0) is 14.2 Å². The van der Waals surface area contributed by atoms with E-state index in [-0.39, 0.29) is 48.5 Å². The molecule has 3 rings (SSSR count). The van der Waals surface area contributed by atoms with Gasteiger partial charge in [-0.3, -0.25) is 0 Å². The fourth-order valence-corrected chi connectivity index (χ4v) is 5.17. The van der Waals surface area contributed by atoms with Crippen LogP contribution in [-0.4, -0.2) is 41.4 Å². The molecule has 0 aromatic rings. The summed E-state index contributed by atoms with van der Waals surface area (Å²) >= 11 is 0. The van der Waals surface area contributed by atoms with Crippen LogP contribution in [0.5, 0.6) is 0 Å². The average molecular weight is 326 g/mol. The van der Waals surface area contributed by atoms with E-state index in [1.807, 2.05) is 6.92 Å². The Morgan fingerprint density at radius 1 is 0.913 bits per heavy atom. The van der Waals surface area contributed by atoms with Crippen LogP contribution in [0.4, 0.5) is 0 Å². The molecular formula is C19H34O4. The summed E-state index contributed by atoms with van der Waals surface area (Å²) in [4.78, 5) is 0. The highest BCUT2D eigenvalue weighted by Gasteiger charge is 2.69. The quantitative estimate of drug-likeness (QED) is 0.865. The smallest absolute Gasteiger partial charge is 0.161 e. The first-order valence-electron chi connectivity index (χ1n) is 9.38. The van der Waals surface area contributed by atoms with E-state index in [4.69, 9.17) is 14.2 Å². The van der Waals surface area contributed by atoms with Crippen molar-refractivity contribution in [3.05, 3.63) is 0 Å². The number of aliphatic hydroxyl groups is 1. The van der Waals surface area contributed by atoms with Crippen LogP contribution in [0.2, 0.25) is 0 Å². The van der Waals surface area contributed by atoms with E-state index >= 15 is 0 Å². The maximum absolute atomic E-state index is 10.5. The maximum atomic E-state index is 10.5. The highest BCUT2D eigenvalue weighted by molar-refractivity contribution is 5.15. The van der Waals surface area contributed by atoms with Gasteiger partial charge in [0.15, 0.2) is 6.29 Å². The maximum Gasteiger partial charge on any atom is 0.161 e. The second-order valence-corrected chi connectivity index (χ2v) is 8.45. The average Bonchev–Trinajstić information content (AvgIpc) is 3.08. The summed E-state index contributed by atoms with van der Waals surface area (Å²) in [6, 6.07) is 0. The summed E-state index contributed by atoms with van der Waals surface area (Å²) in [7, 11) is 0. The van der Waals surface area contributed by atoms with E-state index in [9.17, 15) is 5.11 Å². The molecule has 2 aliphatic heterocycles. The van der Waals surface area contributed by atoms with Gasteiger partial charge in [0.05, 0.1) is 30.0 Å². The van der Waals surface area contributed by atoms with Crippen molar-refractivity contribution >= 4 is 0 Å². The van der Waals surface area contributed by atoms with Crippen molar-refractivity contribution in [1.29, 1.82) is 0 Å². The van der Waals surface area contributed by atoms with Gasteiger partial charge in [0.2, 0.25) is 0 Å². The summed E-state index contributed by atoms with van der Waals surface area (Å²) in [6.45, 7) is 15.0. The lowest BCUT2D eigenvalue weighted by atomic mass is 9.81. The number of rotatable bonds is 3. The van der Waals surface area contributed by atoms with Crippen LogP contribution in [0.1, 0.15) is 54.9 Å². The zero-order valence-corrected chi connectivity index (χ0v) is 15.7. The number of hydrogen-bond acceptors (Lipinski definition) is 4. The van der Waals surface area contributed by atoms with Crippen LogP contribution >= 0.6 is 0 Å². The Kier molecular flexibility index (Phi) is 4.59. The zero-order chi connectivity index (χ0) is 17.1. The Hall–Kier alpha value is -0.160. The van der Waals surface area contributed by atoms with E-state index in [2.05, 4.69) is 41.5 Å². The number of hydrogen-bond donors (Lipinski definition) is 1. The molecule has 5 unspecified atom stereocenters. The van der Waals surface area contributed by atoms with Crippen molar-refractivity contribution < 1.29 is 19.3 Å². The summed E-state index contributed by atoms with van der Waals surface area (Å²) in [5.74, 6) is 1.65. The minimum atomic E-state index is -0.600. The summed E-state index contributed by atoms with van der Waals surface area (Å²) in [5.41, 5.74) is -0.600. The van der Waals surface area contributed by atoms with Gasteiger partial charge in [0, 0.05) is 17.8 Å². The normalized spacial score (nSPS) is 59.5. The summed E-state index contributed by atoms with van der Waals surface area (Å²) in [5, 5.41) is 10.5. The third kappa shape index (κ3) is 2.76. The lowest BCUT2D eigenvalue weighted by molar-refractivity contribution is -0.282. The number of fused-ring (bicyclic) bond motifs is 1. The molecule has 2 heterocycles. The third-order valence-electron chi connectivity index (χ3n) is 7.02. The van der Waals surface area contributed by atoms with Crippen LogP contribution in [0.15, 0.2) is 0 Å². The standard InChI is InChI=1S/C19H34O4/c1-8-14-17(10(3)9(2)12(5)21-14)23-18-11(4)15-16(13(6)22-18)19(15,7)20/h9-18,20H,8H2,1-7H3/t9?,10?,11?,12-,13?,14+,15-,16-,17+,18-,19?/m1/s1. The molecule has 1 saturated carbocycles. The first-order chi connectivity index (χ1) is 10.7. The van der Waals surface area contributed by atoms with E-state index < -0.39 is 5.60 Å². The summed E-state index contributed by atoms with van der Waals surface area (Å²) < 4.78 is 18.8. The fourth-order valence-electron chi connectivity index (χ4n) is 5.17. The Morgan fingerprint density at radius 3 is 2.17 bits per heavy atom. The highest BCUT2D eigenvalue weighted by Crippen LogP contribution is 2.61. The molecule has 11 atom stereocenters. The van der Waals surface area contributed by atoms with Gasteiger partial charge in [-0.15, -0.1) is 0 Å². The minimum Gasteiger partial charge on any atom is -0.389 e. The van der Waals surface area contributed by atoms with Crippen LogP contribution in [0, 0.1) is 29.6 Å². The zero-order valence-electron chi connectivity index (χ0n) is 15.7. The lowest BCUT2D eigenvalue weighted by Crippen LogP contribution is -2.52. The van der Waals surface area contributed by atoms with E-state index in [0.717, 1.165) is 6.42 Å². The molecule has 3 fully saturated rings. The molecular weight excluding hydrogens is 292 g/mol. The van der Waals surface area contributed by atoms with Crippen molar-refractivity contribution in [2.75, 3.05) is 0 Å². The molecule has 0 spiro atoms.